The predicted molar refractivity (Wildman–Crippen MR) is 128 cm³/mol. The number of hydrogen-bond acceptors (Lipinski definition) is 3. The molecule has 2 N–H and O–H groups in total. The molecule has 8 heteroatoms. The van der Waals surface area contributed by atoms with Crippen molar-refractivity contribution in [2.24, 2.45) is 10.4 Å². The van der Waals surface area contributed by atoms with E-state index in [-0.39, 0.29) is 29.9 Å². The molecule has 2 rings (SSSR count). The number of guanidine groups is 1. The molecule has 0 spiro atoms. The topological polar surface area (TPSA) is 60.0 Å². The maximum Gasteiger partial charge on any atom is 0.227 e. The second-order valence-corrected chi connectivity index (χ2v) is 7.97. The van der Waals surface area contributed by atoms with Gasteiger partial charge in [-0.15, -0.1) is 24.0 Å². The normalized spacial score (nSPS) is 15.8. The molecule has 0 radical (unpaired) electrons. The number of nitrogens with one attached hydrogen (secondary N) is 2. The Labute approximate surface area is 191 Å². The minimum absolute atomic E-state index is 0. The maximum atomic E-state index is 12.2. The number of aliphatic imine (C=N–C) groups is 1. The first-order valence-corrected chi connectivity index (χ1v) is 9.94. The maximum absolute atomic E-state index is 12.2. The number of carbonyl (C=O) groups excluding carboxylic acids is 1. The van der Waals surface area contributed by atoms with Crippen molar-refractivity contribution in [2.45, 2.75) is 27.3 Å². The van der Waals surface area contributed by atoms with Crippen LogP contribution in [0.15, 0.2) is 29.3 Å². The standard InChI is InChI=1S/C20H32ClN5O.HI/c1-5-23-18(27)20(2,3)15-24-19(22-4)26-11-9-25(10-12-26)14-16-7-6-8-17(21)13-16;/h6-8,13H,5,9-12,14-15H2,1-4H3,(H,22,24)(H,23,27);1H. The zero-order valence-electron chi connectivity index (χ0n) is 17.3. The summed E-state index contributed by atoms with van der Waals surface area (Å²) in [6.07, 6.45) is 0. The summed E-state index contributed by atoms with van der Waals surface area (Å²) in [5.74, 6) is 0.911. The fourth-order valence-electron chi connectivity index (χ4n) is 3.12. The lowest BCUT2D eigenvalue weighted by Crippen LogP contribution is -2.54. The van der Waals surface area contributed by atoms with Crippen molar-refractivity contribution in [2.75, 3.05) is 46.3 Å². The number of halogens is 2. The van der Waals surface area contributed by atoms with E-state index in [1.54, 1.807) is 7.05 Å². The van der Waals surface area contributed by atoms with Crippen LogP contribution in [0.25, 0.3) is 0 Å². The van der Waals surface area contributed by atoms with Gasteiger partial charge in [-0.2, -0.15) is 0 Å². The zero-order valence-corrected chi connectivity index (χ0v) is 20.4. The van der Waals surface area contributed by atoms with Crippen molar-refractivity contribution in [1.29, 1.82) is 0 Å². The van der Waals surface area contributed by atoms with E-state index in [1.165, 1.54) is 5.56 Å². The van der Waals surface area contributed by atoms with Gasteiger partial charge in [0.05, 0.1) is 5.41 Å². The van der Waals surface area contributed by atoms with Crippen LogP contribution in [0.4, 0.5) is 0 Å². The van der Waals surface area contributed by atoms with Gasteiger partial charge in [0.15, 0.2) is 5.96 Å². The highest BCUT2D eigenvalue weighted by molar-refractivity contribution is 14.0. The quantitative estimate of drug-likeness (QED) is 0.343. The highest BCUT2D eigenvalue weighted by Crippen LogP contribution is 2.15. The molecule has 0 saturated carbocycles. The van der Waals surface area contributed by atoms with Crippen LogP contribution < -0.4 is 10.6 Å². The van der Waals surface area contributed by atoms with Crippen LogP contribution >= 0.6 is 35.6 Å². The van der Waals surface area contributed by atoms with E-state index >= 15 is 0 Å². The highest BCUT2D eigenvalue weighted by Gasteiger charge is 2.28. The second-order valence-electron chi connectivity index (χ2n) is 7.54. The average molecular weight is 522 g/mol. The monoisotopic (exact) mass is 521 g/mol. The Morgan fingerprint density at radius 3 is 2.46 bits per heavy atom. The van der Waals surface area contributed by atoms with Gasteiger partial charge in [0, 0.05) is 57.9 Å². The van der Waals surface area contributed by atoms with Crippen molar-refractivity contribution in [3.63, 3.8) is 0 Å². The van der Waals surface area contributed by atoms with Gasteiger partial charge in [-0.25, -0.2) is 0 Å². The van der Waals surface area contributed by atoms with E-state index < -0.39 is 5.41 Å². The van der Waals surface area contributed by atoms with Crippen molar-refractivity contribution in [1.82, 2.24) is 20.4 Å². The van der Waals surface area contributed by atoms with Gasteiger partial charge in [0.1, 0.15) is 0 Å². The summed E-state index contributed by atoms with van der Waals surface area (Å²) in [6.45, 7) is 11.7. The molecule has 1 aromatic carbocycles. The smallest absolute Gasteiger partial charge is 0.227 e. The molecule has 6 nitrogen and oxygen atoms in total. The van der Waals surface area contributed by atoms with E-state index in [9.17, 15) is 4.79 Å². The Balaban J connectivity index is 0.00000392. The van der Waals surface area contributed by atoms with Gasteiger partial charge in [-0.05, 0) is 38.5 Å². The lowest BCUT2D eigenvalue weighted by Gasteiger charge is -2.37. The summed E-state index contributed by atoms with van der Waals surface area (Å²) in [5, 5.41) is 7.04. The van der Waals surface area contributed by atoms with Gasteiger partial charge >= 0.3 is 0 Å². The molecule has 1 fully saturated rings. The molecule has 1 saturated heterocycles. The summed E-state index contributed by atoms with van der Waals surface area (Å²) >= 11 is 6.08. The zero-order chi connectivity index (χ0) is 19.9. The molecule has 0 aliphatic carbocycles. The fourth-order valence-corrected chi connectivity index (χ4v) is 3.34. The van der Waals surface area contributed by atoms with Crippen LogP contribution in [-0.4, -0.2) is 68.0 Å². The first kappa shape index (κ1) is 25.0. The molecule has 0 bridgehead atoms. The van der Waals surface area contributed by atoms with Crippen molar-refractivity contribution >= 4 is 47.4 Å². The van der Waals surface area contributed by atoms with E-state index in [1.807, 2.05) is 39.0 Å². The number of benzene rings is 1. The van der Waals surface area contributed by atoms with Gasteiger partial charge in [-0.3, -0.25) is 14.7 Å². The Bertz CT molecular complexity index is 660. The summed E-state index contributed by atoms with van der Waals surface area (Å²) in [6, 6.07) is 8.04. The molecular formula is C20H33ClIN5O. The molecule has 1 aromatic rings. The summed E-state index contributed by atoms with van der Waals surface area (Å²) in [4.78, 5) is 21.2. The first-order chi connectivity index (χ1) is 12.9. The van der Waals surface area contributed by atoms with Crippen LogP contribution in [0.1, 0.15) is 26.3 Å². The average Bonchev–Trinajstić information content (AvgIpc) is 2.63. The Kier molecular flexibility index (Phi) is 10.5. The Hall–Kier alpha value is -1.06. The number of amides is 1. The van der Waals surface area contributed by atoms with Gasteiger partial charge in [-0.1, -0.05) is 23.7 Å². The highest BCUT2D eigenvalue weighted by atomic mass is 127. The molecule has 0 atom stereocenters. The van der Waals surface area contributed by atoms with Crippen LogP contribution in [0.5, 0.6) is 0 Å². The van der Waals surface area contributed by atoms with Crippen molar-refractivity contribution in [3.05, 3.63) is 34.9 Å². The summed E-state index contributed by atoms with van der Waals surface area (Å²) in [7, 11) is 1.79. The van der Waals surface area contributed by atoms with Gasteiger partial charge < -0.3 is 15.5 Å². The van der Waals surface area contributed by atoms with Gasteiger partial charge in [0.2, 0.25) is 5.91 Å². The molecule has 0 unspecified atom stereocenters. The largest absolute Gasteiger partial charge is 0.356 e. The molecular weight excluding hydrogens is 489 g/mol. The molecule has 28 heavy (non-hydrogen) atoms. The first-order valence-electron chi connectivity index (χ1n) is 9.56. The van der Waals surface area contributed by atoms with E-state index in [0.29, 0.717) is 13.1 Å². The third-order valence-corrected chi connectivity index (χ3v) is 5.05. The number of carbonyl (C=O) groups is 1. The second kappa shape index (κ2) is 11.8. The Morgan fingerprint density at radius 1 is 1.21 bits per heavy atom. The molecule has 1 aliphatic rings. The van der Waals surface area contributed by atoms with E-state index in [0.717, 1.165) is 43.7 Å². The molecule has 1 amide bonds. The number of nitrogens with zero attached hydrogens (tertiary/aromatic N) is 3. The minimum atomic E-state index is -0.486. The lowest BCUT2D eigenvalue weighted by atomic mass is 9.92. The van der Waals surface area contributed by atoms with Crippen molar-refractivity contribution in [3.8, 4) is 0 Å². The SMILES string of the molecule is CCNC(=O)C(C)(C)CNC(=NC)N1CCN(Cc2cccc(Cl)c2)CC1.I. The van der Waals surface area contributed by atoms with Gasteiger partial charge in [0.25, 0.3) is 0 Å². The lowest BCUT2D eigenvalue weighted by molar-refractivity contribution is -0.128. The number of piperazine rings is 1. The summed E-state index contributed by atoms with van der Waals surface area (Å²) in [5.41, 5.74) is 0.752. The van der Waals surface area contributed by atoms with E-state index in [4.69, 9.17) is 11.6 Å². The van der Waals surface area contributed by atoms with Crippen LogP contribution in [-0.2, 0) is 11.3 Å². The number of hydrogen-bond donors (Lipinski definition) is 2. The number of rotatable bonds is 6. The fraction of sp³-hybridized carbons (Fsp3) is 0.600. The van der Waals surface area contributed by atoms with Crippen LogP contribution in [0.3, 0.4) is 0 Å². The molecule has 1 heterocycles. The predicted octanol–water partition coefficient (Wildman–Crippen LogP) is 2.81. The molecule has 0 aromatic heterocycles. The van der Waals surface area contributed by atoms with E-state index in [2.05, 4.69) is 31.5 Å². The van der Waals surface area contributed by atoms with Crippen LogP contribution in [0, 0.1) is 5.41 Å². The third kappa shape index (κ3) is 7.40. The molecule has 1 aliphatic heterocycles. The minimum Gasteiger partial charge on any atom is -0.356 e. The van der Waals surface area contributed by atoms with Crippen LogP contribution in [0.2, 0.25) is 5.02 Å². The van der Waals surface area contributed by atoms with Crippen molar-refractivity contribution < 1.29 is 4.79 Å². The Morgan fingerprint density at radius 2 is 1.89 bits per heavy atom. The summed E-state index contributed by atoms with van der Waals surface area (Å²) < 4.78 is 0. The third-order valence-electron chi connectivity index (χ3n) is 4.82. The molecule has 158 valence electrons.